The van der Waals surface area contributed by atoms with Crippen LogP contribution >= 0.6 is 0 Å². The van der Waals surface area contributed by atoms with Crippen molar-refractivity contribution in [3.63, 3.8) is 0 Å². The molecule has 0 amide bonds. The smallest absolute Gasteiger partial charge is 0.314 e. The highest BCUT2D eigenvalue weighted by Gasteiger charge is 2.08. The zero-order valence-electron chi connectivity index (χ0n) is 8.30. The van der Waals surface area contributed by atoms with E-state index in [4.69, 9.17) is 0 Å². The van der Waals surface area contributed by atoms with Crippen molar-refractivity contribution in [3.05, 3.63) is 34.6 Å². The van der Waals surface area contributed by atoms with E-state index in [0.717, 1.165) is 6.26 Å². The molecule has 84 valence electrons. The van der Waals surface area contributed by atoms with E-state index in [1.54, 1.807) is 24.3 Å². The number of para-hydroxylation sites is 1. The summed E-state index contributed by atoms with van der Waals surface area (Å²) in [6.45, 7) is 0. The van der Waals surface area contributed by atoms with Crippen LogP contribution in [-0.2, 0) is 10.1 Å². The Morgan fingerprint density at radius 1 is 1.31 bits per heavy atom. The molecule has 16 heavy (non-hydrogen) atoms. The standard InChI is InChI=1S/C9H8N2O4S/c1-16(13,14)15-9-10-7-5-3-2-4-6(7)8(12)11-9/h2-5H,1H3,(H,10,11,12). The fraction of sp³-hybridized carbons (Fsp3) is 0.111. The summed E-state index contributed by atoms with van der Waals surface area (Å²) in [6.07, 6.45) is 0.877. The Morgan fingerprint density at radius 2 is 2.00 bits per heavy atom. The molecule has 6 nitrogen and oxygen atoms in total. The Kier molecular flexibility index (Phi) is 2.39. The molecule has 0 saturated heterocycles. The second-order valence-electron chi connectivity index (χ2n) is 3.18. The van der Waals surface area contributed by atoms with Gasteiger partial charge in [-0.05, 0) is 12.1 Å². The van der Waals surface area contributed by atoms with Gasteiger partial charge in [-0.1, -0.05) is 12.1 Å². The number of nitrogens with zero attached hydrogens (tertiary/aromatic N) is 1. The van der Waals surface area contributed by atoms with Crippen LogP contribution in [0, 0.1) is 0 Å². The predicted octanol–water partition coefficient (Wildman–Crippen LogP) is 0.262. The highest BCUT2D eigenvalue weighted by atomic mass is 32.2. The number of hydrogen-bond acceptors (Lipinski definition) is 5. The van der Waals surface area contributed by atoms with Crippen LogP contribution in [0.5, 0.6) is 6.01 Å². The number of benzene rings is 1. The third-order valence-corrected chi connectivity index (χ3v) is 2.28. The number of nitrogens with one attached hydrogen (secondary N) is 1. The molecule has 0 aliphatic heterocycles. The van der Waals surface area contributed by atoms with Crippen molar-refractivity contribution in [3.8, 4) is 6.01 Å². The van der Waals surface area contributed by atoms with Crippen molar-refractivity contribution >= 4 is 21.0 Å². The van der Waals surface area contributed by atoms with E-state index in [-0.39, 0.29) is 6.01 Å². The van der Waals surface area contributed by atoms with Gasteiger partial charge in [-0.25, -0.2) is 0 Å². The van der Waals surface area contributed by atoms with Crippen LogP contribution in [0.25, 0.3) is 10.9 Å². The average Bonchev–Trinajstić information content (AvgIpc) is 2.15. The van der Waals surface area contributed by atoms with Gasteiger partial charge in [0.1, 0.15) is 0 Å². The number of aromatic nitrogens is 2. The van der Waals surface area contributed by atoms with Gasteiger partial charge in [-0.3, -0.25) is 9.78 Å². The minimum Gasteiger partial charge on any atom is -0.345 e. The molecule has 0 unspecified atom stereocenters. The summed E-state index contributed by atoms with van der Waals surface area (Å²) >= 11 is 0. The largest absolute Gasteiger partial charge is 0.345 e. The summed E-state index contributed by atoms with van der Waals surface area (Å²) in [5, 5.41) is 0.378. The fourth-order valence-electron chi connectivity index (χ4n) is 1.25. The van der Waals surface area contributed by atoms with Crippen molar-refractivity contribution in [2.24, 2.45) is 0 Å². The molecule has 1 aromatic heterocycles. The monoisotopic (exact) mass is 240 g/mol. The molecule has 0 fully saturated rings. The molecule has 0 bridgehead atoms. The maximum absolute atomic E-state index is 11.5. The van der Waals surface area contributed by atoms with Crippen molar-refractivity contribution in [2.75, 3.05) is 6.26 Å². The van der Waals surface area contributed by atoms with Crippen LogP contribution in [0.2, 0.25) is 0 Å². The quantitative estimate of drug-likeness (QED) is 0.760. The molecule has 0 saturated carbocycles. The Morgan fingerprint density at radius 3 is 2.69 bits per heavy atom. The van der Waals surface area contributed by atoms with Crippen LogP contribution < -0.4 is 9.74 Å². The van der Waals surface area contributed by atoms with E-state index >= 15 is 0 Å². The lowest BCUT2D eigenvalue weighted by atomic mass is 10.2. The average molecular weight is 240 g/mol. The summed E-state index contributed by atoms with van der Waals surface area (Å²) in [5.74, 6) is 0. The van der Waals surface area contributed by atoms with Crippen LogP contribution in [0.1, 0.15) is 0 Å². The minimum atomic E-state index is -3.70. The van der Waals surface area contributed by atoms with E-state index in [1.807, 2.05) is 0 Å². The van der Waals surface area contributed by atoms with Gasteiger partial charge in [0.05, 0.1) is 17.2 Å². The van der Waals surface area contributed by atoms with Gasteiger partial charge >= 0.3 is 16.1 Å². The second kappa shape index (κ2) is 3.60. The molecule has 1 heterocycles. The van der Waals surface area contributed by atoms with Crippen molar-refractivity contribution < 1.29 is 12.6 Å². The van der Waals surface area contributed by atoms with Gasteiger partial charge < -0.3 is 4.18 Å². The molecule has 0 spiro atoms. The van der Waals surface area contributed by atoms with E-state index < -0.39 is 15.7 Å². The normalized spacial score (nSPS) is 11.6. The summed E-state index contributed by atoms with van der Waals surface area (Å²) in [4.78, 5) is 17.6. The van der Waals surface area contributed by atoms with E-state index in [2.05, 4.69) is 14.2 Å². The predicted molar refractivity (Wildman–Crippen MR) is 57.8 cm³/mol. The minimum absolute atomic E-state index is 0.328. The zero-order chi connectivity index (χ0) is 11.8. The highest BCUT2D eigenvalue weighted by Crippen LogP contribution is 2.10. The Labute approximate surface area is 91.0 Å². The maximum atomic E-state index is 11.5. The first-order valence-corrected chi connectivity index (χ1v) is 6.16. The van der Waals surface area contributed by atoms with Crippen molar-refractivity contribution in [2.45, 2.75) is 0 Å². The lowest BCUT2D eigenvalue weighted by Crippen LogP contribution is -2.14. The molecule has 0 aliphatic rings. The molecule has 7 heteroatoms. The van der Waals surface area contributed by atoms with Crippen LogP contribution in [0.4, 0.5) is 0 Å². The van der Waals surface area contributed by atoms with Crippen molar-refractivity contribution in [1.29, 1.82) is 0 Å². The van der Waals surface area contributed by atoms with Gasteiger partial charge in [0.25, 0.3) is 5.56 Å². The lowest BCUT2D eigenvalue weighted by Gasteiger charge is -2.02. The maximum Gasteiger partial charge on any atom is 0.314 e. The Balaban J connectivity index is 2.63. The third-order valence-electron chi connectivity index (χ3n) is 1.82. The van der Waals surface area contributed by atoms with Crippen LogP contribution in [0.15, 0.2) is 29.1 Å². The number of fused-ring (bicyclic) bond motifs is 1. The summed E-state index contributed by atoms with van der Waals surface area (Å²) < 4.78 is 26.2. The fourth-order valence-corrected chi connectivity index (χ4v) is 1.61. The Hall–Kier alpha value is -1.89. The molecule has 2 rings (SSSR count). The van der Waals surface area contributed by atoms with E-state index in [1.165, 1.54) is 0 Å². The molecule has 0 aliphatic carbocycles. The topological polar surface area (TPSA) is 89.1 Å². The van der Waals surface area contributed by atoms with Gasteiger partial charge in [0, 0.05) is 0 Å². The molecule has 0 radical (unpaired) electrons. The first-order chi connectivity index (χ1) is 7.46. The first kappa shape index (κ1) is 10.6. The molecule has 1 N–H and O–H groups in total. The Bertz CT molecular complexity index is 690. The SMILES string of the molecule is CS(=O)(=O)Oc1nc2ccccc2c(=O)[nH]1. The lowest BCUT2D eigenvalue weighted by molar-refractivity contribution is 0.471. The van der Waals surface area contributed by atoms with Gasteiger partial charge in [0.15, 0.2) is 0 Å². The van der Waals surface area contributed by atoms with E-state index in [0.29, 0.717) is 10.9 Å². The number of H-pyrrole nitrogens is 1. The summed E-state index contributed by atoms with van der Waals surface area (Å²) in [6, 6.07) is 6.24. The summed E-state index contributed by atoms with van der Waals surface area (Å²) in [7, 11) is -3.70. The first-order valence-electron chi connectivity index (χ1n) is 4.34. The van der Waals surface area contributed by atoms with Crippen molar-refractivity contribution in [1.82, 2.24) is 9.97 Å². The summed E-state index contributed by atoms with van der Waals surface area (Å²) in [5.41, 5.74) is -0.0610. The second-order valence-corrected chi connectivity index (χ2v) is 4.75. The number of rotatable bonds is 2. The molecule has 1 aromatic carbocycles. The molecule has 2 aromatic rings. The zero-order valence-corrected chi connectivity index (χ0v) is 9.11. The number of aromatic amines is 1. The van der Waals surface area contributed by atoms with Gasteiger partial charge in [-0.2, -0.15) is 13.4 Å². The van der Waals surface area contributed by atoms with Gasteiger partial charge in [0.2, 0.25) is 0 Å². The van der Waals surface area contributed by atoms with Crippen LogP contribution in [0.3, 0.4) is 0 Å². The van der Waals surface area contributed by atoms with Gasteiger partial charge in [-0.15, -0.1) is 0 Å². The third kappa shape index (κ3) is 2.19. The number of hydrogen-bond donors (Lipinski definition) is 1. The highest BCUT2D eigenvalue weighted by molar-refractivity contribution is 7.86. The van der Waals surface area contributed by atoms with Crippen LogP contribution in [-0.4, -0.2) is 24.6 Å². The van der Waals surface area contributed by atoms with E-state index in [9.17, 15) is 13.2 Å². The molecular weight excluding hydrogens is 232 g/mol. The molecule has 0 atom stereocenters. The molecular formula is C9H8N2O4S.